The van der Waals surface area contributed by atoms with Crippen LogP contribution in [0.3, 0.4) is 0 Å². The van der Waals surface area contributed by atoms with E-state index in [-0.39, 0.29) is 4.90 Å². The molecule has 1 aliphatic heterocycles. The molecule has 1 aliphatic rings. The fourth-order valence-corrected chi connectivity index (χ4v) is 3.70. The van der Waals surface area contributed by atoms with Gasteiger partial charge in [-0.25, -0.2) is 18.4 Å². The highest BCUT2D eigenvalue weighted by molar-refractivity contribution is 7.92. The quantitative estimate of drug-likeness (QED) is 0.836. The van der Waals surface area contributed by atoms with Crippen molar-refractivity contribution in [3.8, 4) is 11.5 Å². The lowest BCUT2D eigenvalue weighted by Crippen LogP contribution is -2.20. The topological polar surface area (TPSA) is 93.7 Å². The van der Waals surface area contributed by atoms with Gasteiger partial charge in [0.2, 0.25) is 5.95 Å². The molecule has 1 N–H and O–H groups in total. The molecule has 0 bridgehead atoms. The van der Waals surface area contributed by atoms with Gasteiger partial charge in [-0.05, 0) is 25.0 Å². The van der Waals surface area contributed by atoms with Gasteiger partial charge in [-0.15, -0.1) is 0 Å². The van der Waals surface area contributed by atoms with Crippen molar-refractivity contribution in [2.75, 3.05) is 36.9 Å². The molecule has 0 saturated carbocycles. The zero-order chi connectivity index (χ0) is 17.9. The van der Waals surface area contributed by atoms with Crippen molar-refractivity contribution in [3.63, 3.8) is 0 Å². The predicted octanol–water partition coefficient (Wildman–Crippen LogP) is 1.89. The van der Waals surface area contributed by atoms with E-state index in [0.29, 0.717) is 23.1 Å². The number of hydrogen-bond acceptors (Lipinski definition) is 7. The van der Waals surface area contributed by atoms with Gasteiger partial charge < -0.3 is 14.4 Å². The third kappa shape index (κ3) is 3.76. The monoisotopic (exact) mass is 364 g/mol. The minimum atomic E-state index is -3.78. The van der Waals surface area contributed by atoms with Gasteiger partial charge in [-0.1, -0.05) is 0 Å². The number of nitrogens with zero attached hydrogens (tertiary/aromatic N) is 3. The van der Waals surface area contributed by atoms with Gasteiger partial charge in [-0.3, -0.25) is 4.72 Å². The molecule has 0 unspecified atom stereocenters. The minimum absolute atomic E-state index is 0.0637. The summed E-state index contributed by atoms with van der Waals surface area (Å²) in [5.74, 6) is 1.41. The van der Waals surface area contributed by atoms with Crippen LogP contribution in [0, 0.1) is 0 Å². The Hall–Kier alpha value is -2.55. The number of aromatic nitrogens is 2. The van der Waals surface area contributed by atoms with Gasteiger partial charge in [0.1, 0.15) is 0 Å². The van der Waals surface area contributed by atoms with Crippen LogP contribution in [0.1, 0.15) is 12.8 Å². The van der Waals surface area contributed by atoms with E-state index in [1.54, 1.807) is 6.07 Å². The number of ether oxygens (including phenoxy) is 2. The Morgan fingerprint density at radius 1 is 1.04 bits per heavy atom. The normalized spacial score (nSPS) is 14.4. The standard InChI is InChI=1S/C16H20N4O4S/c1-23-14-6-5-13(9-15(14)24-2)25(21,22)19-12-10-17-16(18-11-12)20-7-3-4-8-20/h5-6,9-11,19H,3-4,7-8H2,1-2H3. The number of rotatable bonds is 6. The molecule has 2 heterocycles. The van der Waals surface area contributed by atoms with Crippen molar-refractivity contribution in [3.05, 3.63) is 30.6 Å². The Labute approximate surface area is 146 Å². The van der Waals surface area contributed by atoms with Crippen LogP contribution in [0.15, 0.2) is 35.5 Å². The predicted molar refractivity (Wildman–Crippen MR) is 93.8 cm³/mol. The van der Waals surface area contributed by atoms with Crippen LogP contribution in [0.25, 0.3) is 0 Å². The van der Waals surface area contributed by atoms with Gasteiger partial charge in [-0.2, -0.15) is 0 Å². The molecule has 8 nitrogen and oxygen atoms in total. The number of benzene rings is 1. The Morgan fingerprint density at radius 3 is 2.28 bits per heavy atom. The Bertz CT molecular complexity index is 834. The summed E-state index contributed by atoms with van der Waals surface area (Å²) in [6.07, 6.45) is 5.19. The third-order valence-corrected chi connectivity index (χ3v) is 5.32. The second-order valence-electron chi connectivity index (χ2n) is 5.59. The third-order valence-electron chi connectivity index (χ3n) is 3.94. The fourth-order valence-electron chi connectivity index (χ4n) is 2.65. The molecule has 1 saturated heterocycles. The summed E-state index contributed by atoms with van der Waals surface area (Å²) in [4.78, 5) is 10.6. The van der Waals surface area contributed by atoms with Crippen LogP contribution in [0.2, 0.25) is 0 Å². The van der Waals surface area contributed by atoms with Crippen molar-refractivity contribution < 1.29 is 17.9 Å². The van der Waals surface area contributed by atoms with E-state index in [4.69, 9.17) is 9.47 Å². The Kier molecular flexibility index (Phi) is 4.93. The van der Waals surface area contributed by atoms with Crippen molar-refractivity contribution in [1.82, 2.24) is 9.97 Å². The van der Waals surface area contributed by atoms with Crippen LogP contribution in [0.4, 0.5) is 11.6 Å². The van der Waals surface area contributed by atoms with Crippen LogP contribution in [-0.4, -0.2) is 45.7 Å². The average molecular weight is 364 g/mol. The summed E-state index contributed by atoms with van der Waals surface area (Å²) < 4.78 is 37.8. The smallest absolute Gasteiger partial charge is 0.262 e. The van der Waals surface area contributed by atoms with Crippen LogP contribution < -0.4 is 19.1 Å². The lowest BCUT2D eigenvalue weighted by Gasteiger charge is -2.15. The van der Waals surface area contributed by atoms with Gasteiger partial charge in [0.25, 0.3) is 10.0 Å². The molecular formula is C16H20N4O4S. The van der Waals surface area contributed by atoms with Crippen molar-refractivity contribution in [1.29, 1.82) is 0 Å². The summed E-state index contributed by atoms with van der Waals surface area (Å²) in [6, 6.07) is 4.39. The second-order valence-corrected chi connectivity index (χ2v) is 7.27. The molecule has 0 spiro atoms. The molecule has 3 rings (SSSR count). The highest BCUT2D eigenvalue weighted by Crippen LogP contribution is 2.30. The van der Waals surface area contributed by atoms with E-state index < -0.39 is 10.0 Å². The molecule has 0 atom stereocenters. The number of methoxy groups -OCH3 is 2. The van der Waals surface area contributed by atoms with Gasteiger partial charge in [0, 0.05) is 19.2 Å². The first-order valence-corrected chi connectivity index (χ1v) is 9.33. The van der Waals surface area contributed by atoms with Crippen LogP contribution >= 0.6 is 0 Å². The summed E-state index contributed by atoms with van der Waals surface area (Å²) in [5.41, 5.74) is 0.303. The zero-order valence-corrected chi connectivity index (χ0v) is 14.9. The molecule has 134 valence electrons. The zero-order valence-electron chi connectivity index (χ0n) is 14.1. The van der Waals surface area contributed by atoms with Crippen molar-refractivity contribution in [2.45, 2.75) is 17.7 Å². The molecule has 1 aromatic heterocycles. The molecule has 25 heavy (non-hydrogen) atoms. The summed E-state index contributed by atoms with van der Waals surface area (Å²) in [7, 11) is -0.841. The van der Waals surface area contributed by atoms with E-state index in [9.17, 15) is 8.42 Å². The van der Waals surface area contributed by atoms with Gasteiger partial charge in [0.15, 0.2) is 11.5 Å². The summed E-state index contributed by atoms with van der Waals surface area (Å²) in [6.45, 7) is 1.85. The maximum absolute atomic E-state index is 12.5. The van der Waals surface area contributed by atoms with Gasteiger partial charge >= 0.3 is 0 Å². The molecule has 1 aromatic carbocycles. The van der Waals surface area contributed by atoms with E-state index in [2.05, 4.69) is 19.6 Å². The molecule has 9 heteroatoms. The molecular weight excluding hydrogens is 344 g/mol. The second kappa shape index (κ2) is 7.14. The number of nitrogens with one attached hydrogen (secondary N) is 1. The van der Waals surface area contributed by atoms with Crippen molar-refractivity contribution in [2.24, 2.45) is 0 Å². The lowest BCUT2D eigenvalue weighted by atomic mass is 10.3. The molecule has 1 fully saturated rings. The first-order valence-electron chi connectivity index (χ1n) is 7.85. The summed E-state index contributed by atoms with van der Waals surface area (Å²) >= 11 is 0. The average Bonchev–Trinajstić information content (AvgIpc) is 3.16. The Morgan fingerprint density at radius 2 is 1.68 bits per heavy atom. The van der Waals surface area contributed by atoms with Crippen molar-refractivity contribution >= 4 is 21.7 Å². The van der Waals surface area contributed by atoms with Gasteiger partial charge in [0.05, 0.1) is 37.2 Å². The van der Waals surface area contributed by atoms with Crippen LogP contribution in [-0.2, 0) is 10.0 Å². The summed E-state index contributed by atoms with van der Waals surface area (Å²) in [5, 5.41) is 0. The minimum Gasteiger partial charge on any atom is -0.493 e. The highest BCUT2D eigenvalue weighted by atomic mass is 32.2. The maximum Gasteiger partial charge on any atom is 0.262 e. The lowest BCUT2D eigenvalue weighted by molar-refractivity contribution is 0.354. The van der Waals surface area contributed by atoms with E-state index in [0.717, 1.165) is 25.9 Å². The Balaban J connectivity index is 1.79. The first-order chi connectivity index (χ1) is 12.0. The molecule has 0 aliphatic carbocycles. The van der Waals surface area contributed by atoms with Crippen LogP contribution in [0.5, 0.6) is 11.5 Å². The first kappa shape index (κ1) is 17.3. The number of hydrogen-bond donors (Lipinski definition) is 1. The SMILES string of the molecule is COc1ccc(S(=O)(=O)Nc2cnc(N3CCCC3)nc2)cc1OC. The molecule has 0 amide bonds. The number of anilines is 2. The molecule has 2 aromatic rings. The van der Waals surface area contributed by atoms with E-state index in [1.807, 2.05) is 0 Å². The molecule has 0 radical (unpaired) electrons. The highest BCUT2D eigenvalue weighted by Gasteiger charge is 2.19. The number of sulfonamides is 1. The maximum atomic E-state index is 12.5. The van der Waals surface area contributed by atoms with E-state index in [1.165, 1.54) is 38.7 Å². The fraction of sp³-hybridized carbons (Fsp3) is 0.375. The van der Waals surface area contributed by atoms with E-state index >= 15 is 0 Å². The largest absolute Gasteiger partial charge is 0.493 e.